The molecule has 168 valence electrons. The predicted molar refractivity (Wildman–Crippen MR) is 146 cm³/mol. The highest BCUT2D eigenvalue weighted by molar-refractivity contribution is 6.25. The second kappa shape index (κ2) is 9.37. The van der Waals surface area contributed by atoms with Gasteiger partial charge in [-0.25, -0.2) is 0 Å². The molecule has 4 aromatic rings. The van der Waals surface area contributed by atoms with E-state index in [1.165, 1.54) is 22.3 Å². The fraction of sp³-hybridized carbons (Fsp3) is 0.125. The summed E-state index contributed by atoms with van der Waals surface area (Å²) in [5.74, 6) is 0. The second-order valence-electron chi connectivity index (χ2n) is 8.99. The lowest BCUT2D eigenvalue weighted by Crippen LogP contribution is -2.16. The number of halogens is 1. The largest absolute Gasteiger partial charge is 0.310 e. The summed E-state index contributed by atoms with van der Waals surface area (Å²) < 4.78 is 0. The van der Waals surface area contributed by atoms with Crippen LogP contribution in [0.3, 0.4) is 0 Å². The summed E-state index contributed by atoms with van der Waals surface area (Å²) >= 11 is 6.94. The van der Waals surface area contributed by atoms with Crippen molar-refractivity contribution in [3.63, 3.8) is 0 Å². The zero-order valence-electron chi connectivity index (χ0n) is 19.6. The molecule has 0 N–H and O–H groups in total. The van der Waals surface area contributed by atoms with Crippen LogP contribution in [-0.2, 0) is 4.87 Å². The van der Waals surface area contributed by atoms with Gasteiger partial charge in [0.05, 0.1) is 4.87 Å². The highest BCUT2D eigenvalue weighted by Gasteiger charge is 2.27. The van der Waals surface area contributed by atoms with Crippen LogP contribution in [0.4, 0.5) is 17.1 Å². The van der Waals surface area contributed by atoms with E-state index in [-0.39, 0.29) is 0 Å². The number of allylic oxidation sites excluding steroid dienone is 4. The first-order valence-electron chi connectivity index (χ1n) is 11.7. The van der Waals surface area contributed by atoms with Crippen molar-refractivity contribution in [1.82, 2.24) is 0 Å². The molecular weight excluding hydrogens is 434 g/mol. The van der Waals surface area contributed by atoms with Crippen molar-refractivity contribution in [2.75, 3.05) is 4.90 Å². The molecule has 0 heterocycles. The minimum Gasteiger partial charge on any atom is -0.310 e. The Morgan fingerprint density at radius 1 is 0.676 bits per heavy atom. The van der Waals surface area contributed by atoms with Crippen molar-refractivity contribution in [2.24, 2.45) is 0 Å². The molecule has 1 unspecified atom stereocenters. The molecule has 0 saturated carbocycles. The van der Waals surface area contributed by atoms with E-state index < -0.39 is 4.87 Å². The summed E-state index contributed by atoms with van der Waals surface area (Å²) in [6.45, 7) is 4.27. The van der Waals surface area contributed by atoms with Crippen molar-refractivity contribution in [1.29, 1.82) is 0 Å². The molecule has 0 bridgehead atoms. The van der Waals surface area contributed by atoms with Gasteiger partial charge >= 0.3 is 0 Å². The van der Waals surface area contributed by atoms with E-state index in [1.807, 2.05) is 18.2 Å². The van der Waals surface area contributed by atoms with Crippen molar-refractivity contribution in [2.45, 2.75) is 25.1 Å². The molecule has 1 aliphatic carbocycles. The van der Waals surface area contributed by atoms with E-state index in [4.69, 9.17) is 11.6 Å². The van der Waals surface area contributed by atoms with Crippen molar-refractivity contribution >= 4 is 34.2 Å². The summed E-state index contributed by atoms with van der Waals surface area (Å²) in [4.78, 5) is 1.84. The molecule has 0 aromatic heterocycles. The van der Waals surface area contributed by atoms with Gasteiger partial charge in [0.15, 0.2) is 0 Å². The zero-order valence-corrected chi connectivity index (χ0v) is 20.3. The maximum Gasteiger partial charge on any atom is 0.0912 e. The number of hydrogen-bond acceptors (Lipinski definition) is 1. The highest BCUT2D eigenvalue weighted by atomic mass is 35.5. The molecule has 1 aliphatic rings. The van der Waals surface area contributed by atoms with Crippen LogP contribution in [0.5, 0.6) is 0 Å². The average molecular weight is 462 g/mol. The van der Waals surface area contributed by atoms with Gasteiger partial charge < -0.3 is 4.90 Å². The smallest absolute Gasteiger partial charge is 0.0912 e. The SMILES string of the molecule is Cc1cccc(N(c2ccc(C3=CCC(Cl)(c4ccccc4)C=C3)cc2)c2cccc(C)c2)c1. The van der Waals surface area contributed by atoms with E-state index in [0.29, 0.717) is 0 Å². The van der Waals surface area contributed by atoms with E-state index in [1.54, 1.807) is 0 Å². The predicted octanol–water partition coefficient (Wildman–Crippen LogP) is 9.25. The third-order valence-corrected chi connectivity index (χ3v) is 6.88. The van der Waals surface area contributed by atoms with E-state index in [2.05, 4.69) is 122 Å². The summed E-state index contributed by atoms with van der Waals surface area (Å²) in [6, 6.07) is 36.4. The number of alkyl halides is 1. The number of aryl methyl sites for hydroxylation is 2. The Balaban J connectivity index is 1.45. The van der Waals surface area contributed by atoms with Gasteiger partial charge in [-0.1, -0.05) is 85.0 Å². The lowest BCUT2D eigenvalue weighted by atomic mass is 9.87. The number of anilines is 3. The zero-order chi connectivity index (χ0) is 23.5. The van der Waals surface area contributed by atoms with Crippen molar-refractivity contribution < 1.29 is 0 Å². The first-order valence-corrected chi connectivity index (χ1v) is 12.1. The fourth-order valence-corrected chi connectivity index (χ4v) is 4.81. The molecule has 4 aromatic carbocycles. The monoisotopic (exact) mass is 461 g/mol. The standard InChI is InChI=1S/C32H28ClN/c1-24-8-6-12-30(22-24)34(31-13-7-9-25(2)23-31)29-16-14-26(15-17-29)27-18-20-32(33,21-19-27)28-10-4-3-5-11-28/h3-20,22-23H,21H2,1-2H3. The number of benzene rings is 4. The normalized spacial score (nSPS) is 17.3. The topological polar surface area (TPSA) is 3.24 Å². The van der Waals surface area contributed by atoms with Gasteiger partial charge in [-0.15, -0.1) is 11.6 Å². The van der Waals surface area contributed by atoms with Gasteiger partial charge in [-0.2, -0.15) is 0 Å². The molecule has 0 aliphatic heterocycles. The first kappa shape index (κ1) is 22.3. The molecule has 2 heteroatoms. The molecule has 0 radical (unpaired) electrons. The van der Waals surface area contributed by atoms with Crippen molar-refractivity contribution in [3.05, 3.63) is 144 Å². The van der Waals surface area contributed by atoms with Crippen molar-refractivity contribution in [3.8, 4) is 0 Å². The summed E-state index contributed by atoms with van der Waals surface area (Å²) in [6.07, 6.45) is 7.29. The van der Waals surface area contributed by atoms with E-state index in [9.17, 15) is 0 Å². The Morgan fingerprint density at radius 3 is 1.82 bits per heavy atom. The fourth-order valence-electron chi connectivity index (χ4n) is 4.54. The van der Waals surface area contributed by atoms with Gasteiger partial charge in [-0.3, -0.25) is 0 Å². The molecular formula is C32H28ClN. The number of hydrogen-bond donors (Lipinski definition) is 0. The third-order valence-electron chi connectivity index (χ3n) is 6.38. The Labute approximate surface area is 207 Å². The molecule has 0 saturated heterocycles. The Kier molecular flexibility index (Phi) is 6.13. The maximum atomic E-state index is 6.94. The van der Waals surface area contributed by atoms with Crippen LogP contribution in [0.1, 0.15) is 28.7 Å². The lowest BCUT2D eigenvalue weighted by Gasteiger charge is -2.27. The molecule has 0 spiro atoms. The second-order valence-corrected chi connectivity index (χ2v) is 9.66. The van der Waals surface area contributed by atoms with Crippen LogP contribution >= 0.6 is 11.6 Å². The summed E-state index contributed by atoms with van der Waals surface area (Å²) in [5, 5.41) is 0. The Bertz CT molecular complexity index is 1310. The number of rotatable bonds is 5. The molecule has 0 fully saturated rings. The minimum atomic E-state index is -0.474. The van der Waals surface area contributed by atoms with Gasteiger partial charge in [0.1, 0.15) is 0 Å². The van der Waals surface area contributed by atoms with E-state index >= 15 is 0 Å². The van der Waals surface area contributed by atoms with Crippen LogP contribution in [-0.4, -0.2) is 0 Å². The van der Waals surface area contributed by atoms with Gasteiger partial charge in [0.2, 0.25) is 0 Å². The average Bonchev–Trinajstić information content (AvgIpc) is 2.86. The highest BCUT2D eigenvalue weighted by Crippen LogP contribution is 2.41. The van der Waals surface area contributed by atoms with Crippen LogP contribution in [0.2, 0.25) is 0 Å². The maximum absolute atomic E-state index is 6.94. The molecule has 5 rings (SSSR count). The van der Waals surface area contributed by atoms with Gasteiger partial charge in [-0.05, 0) is 84.5 Å². The third kappa shape index (κ3) is 4.58. The number of nitrogens with zero attached hydrogens (tertiary/aromatic N) is 1. The molecule has 1 atom stereocenters. The molecule has 1 nitrogen and oxygen atoms in total. The lowest BCUT2D eigenvalue weighted by molar-refractivity contribution is 0.766. The molecule has 34 heavy (non-hydrogen) atoms. The quantitative estimate of drug-likeness (QED) is 0.267. The van der Waals surface area contributed by atoms with Gasteiger partial charge in [0, 0.05) is 17.1 Å². The Morgan fingerprint density at radius 2 is 1.29 bits per heavy atom. The van der Waals surface area contributed by atoms with E-state index in [0.717, 1.165) is 29.0 Å². The molecule has 0 amide bonds. The minimum absolute atomic E-state index is 0.474. The van der Waals surface area contributed by atoms with Crippen LogP contribution in [0, 0.1) is 13.8 Å². The van der Waals surface area contributed by atoms with Gasteiger partial charge in [0.25, 0.3) is 0 Å². The summed E-state index contributed by atoms with van der Waals surface area (Å²) in [5.41, 5.74) is 9.47. The first-order chi connectivity index (χ1) is 16.5. The summed E-state index contributed by atoms with van der Waals surface area (Å²) in [7, 11) is 0. The van der Waals surface area contributed by atoms with Crippen LogP contribution in [0.25, 0.3) is 5.57 Å². The van der Waals surface area contributed by atoms with Crippen LogP contribution in [0.15, 0.2) is 121 Å². The Hall–Kier alpha value is -3.55. The van der Waals surface area contributed by atoms with Crippen LogP contribution < -0.4 is 4.90 Å².